The molecule has 2 aromatic carbocycles. The minimum Gasteiger partial charge on any atom is -0.489 e. The lowest BCUT2D eigenvalue weighted by atomic mass is 10.1. The first-order valence-corrected chi connectivity index (χ1v) is 8.62. The Morgan fingerprint density at radius 3 is 2.19 bits per heavy atom. The van der Waals surface area contributed by atoms with Gasteiger partial charge in [0.15, 0.2) is 6.04 Å². The highest BCUT2D eigenvalue weighted by atomic mass is 16.6. The van der Waals surface area contributed by atoms with Crippen LogP contribution in [0, 0.1) is 0 Å². The second-order valence-corrected chi connectivity index (χ2v) is 6.95. The molecule has 2 aromatic rings. The van der Waals surface area contributed by atoms with Crippen LogP contribution in [0.25, 0.3) is 0 Å². The Bertz CT molecular complexity index is 750. The van der Waals surface area contributed by atoms with Gasteiger partial charge in [0.05, 0.1) is 7.11 Å². The number of hydrogen-bond donors (Lipinski definition) is 1. The van der Waals surface area contributed by atoms with Gasteiger partial charge in [-0.2, -0.15) is 0 Å². The van der Waals surface area contributed by atoms with E-state index in [1.165, 1.54) is 7.11 Å². The quantitative estimate of drug-likeness (QED) is 0.777. The molecule has 0 heterocycles. The van der Waals surface area contributed by atoms with E-state index in [1.54, 1.807) is 45.0 Å². The number of benzene rings is 2. The second-order valence-electron chi connectivity index (χ2n) is 6.95. The van der Waals surface area contributed by atoms with Gasteiger partial charge in [-0.3, -0.25) is 0 Å². The summed E-state index contributed by atoms with van der Waals surface area (Å²) >= 11 is 0. The van der Waals surface area contributed by atoms with Crippen LogP contribution in [0.3, 0.4) is 0 Å². The summed E-state index contributed by atoms with van der Waals surface area (Å²) in [6, 6.07) is 15.7. The number of nitrogens with one attached hydrogen (secondary N) is 1. The maximum Gasteiger partial charge on any atom is 0.408 e. The number of hydrogen-bond acceptors (Lipinski definition) is 5. The number of alkyl carbamates (subject to hydrolysis) is 1. The SMILES string of the molecule is COC(=O)C(NC(=O)OC(C)(C)C)c1ccc(OCc2ccccc2)cc1. The average molecular weight is 371 g/mol. The minimum atomic E-state index is -0.965. The Balaban J connectivity index is 2.05. The molecule has 0 aliphatic carbocycles. The molecule has 6 nitrogen and oxygen atoms in total. The molecule has 1 amide bonds. The van der Waals surface area contributed by atoms with Crippen LogP contribution in [0.1, 0.15) is 37.9 Å². The van der Waals surface area contributed by atoms with Gasteiger partial charge in [0.1, 0.15) is 18.0 Å². The van der Waals surface area contributed by atoms with Gasteiger partial charge in [-0.1, -0.05) is 42.5 Å². The number of methoxy groups -OCH3 is 1. The van der Waals surface area contributed by atoms with Gasteiger partial charge in [-0.05, 0) is 44.0 Å². The van der Waals surface area contributed by atoms with Gasteiger partial charge < -0.3 is 19.5 Å². The topological polar surface area (TPSA) is 73.9 Å². The van der Waals surface area contributed by atoms with E-state index in [1.807, 2.05) is 30.3 Å². The van der Waals surface area contributed by atoms with Crippen molar-refractivity contribution in [2.45, 2.75) is 39.0 Å². The van der Waals surface area contributed by atoms with Gasteiger partial charge in [0.25, 0.3) is 0 Å². The molecule has 2 rings (SSSR count). The lowest BCUT2D eigenvalue weighted by Crippen LogP contribution is -2.38. The van der Waals surface area contributed by atoms with Crippen molar-refractivity contribution in [3.05, 3.63) is 65.7 Å². The van der Waals surface area contributed by atoms with E-state index in [9.17, 15) is 9.59 Å². The van der Waals surface area contributed by atoms with Crippen LogP contribution >= 0.6 is 0 Å². The van der Waals surface area contributed by atoms with Crippen molar-refractivity contribution >= 4 is 12.1 Å². The highest BCUT2D eigenvalue weighted by Crippen LogP contribution is 2.21. The largest absolute Gasteiger partial charge is 0.489 e. The minimum absolute atomic E-state index is 0.441. The lowest BCUT2D eigenvalue weighted by Gasteiger charge is -2.22. The predicted molar refractivity (Wildman–Crippen MR) is 101 cm³/mol. The fraction of sp³-hybridized carbons (Fsp3) is 0.333. The Labute approximate surface area is 159 Å². The van der Waals surface area contributed by atoms with Crippen molar-refractivity contribution in [3.8, 4) is 5.75 Å². The third kappa shape index (κ3) is 6.66. The summed E-state index contributed by atoms with van der Waals surface area (Å²) in [5, 5.41) is 2.54. The molecular weight excluding hydrogens is 346 g/mol. The Morgan fingerprint density at radius 2 is 1.63 bits per heavy atom. The van der Waals surface area contributed by atoms with Crippen molar-refractivity contribution < 1.29 is 23.8 Å². The Hall–Kier alpha value is -3.02. The molecule has 0 aliphatic rings. The first-order chi connectivity index (χ1) is 12.8. The van der Waals surface area contributed by atoms with Crippen molar-refractivity contribution in [3.63, 3.8) is 0 Å². The smallest absolute Gasteiger partial charge is 0.408 e. The summed E-state index contributed by atoms with van der Waals surface area (Å²) in [6.07, 6.45) is -0.692. The number of amides is 1. The Morgan fingerprint density at radius 1 is 1.00 bits per heavy atom. The van der Waals surface area contributed by atoms with Crippen LogP contribution in [0.5, 0.6) is 5.75 Å². The third-order valence-corrected chi connectivity index (χ3v) is 3.56. The zero-order valence-corrected chi connectivity index (χ0v) is 16.0. The molecule has 6 heteroatoms. The molecule has 0 aromatic heterocycles. The normalized spacial score (nSPS) is 12.0. The molecular formula is C21H25NO5. The van der Waals surface area contributed by atoms with Crippen LogP contribution in [0.2, 0.25) is 0 Å². The number of esters is 1. The molecule has 0 radical (unpaired) electrons. The molecule has 1 unspecified atom stereocenters. The molecule has 144 valence electrons. The van der Waals surface area contributed by atoms with Crippen molar-refractivity contribution in [2.75, 3.05) is 7.11 Å². The molecule has 0 fully saturated rings. The molecule has 1 atom stereocenters. The summed E-state index contributed by atoms with van der Waals surface area (Å²) in [4.78, 5) is 24.1. The molecule has 27 heavy (non-hydrogen) atoms. The van der Waals surface area contributed by atoms with E-state index in [0.29, 0.717) is 17.9 Å². The van der Waals surface area contributed by atoms with Crippen molar-refractivity contribution in [1.82, 2.24) is 5.32 Å². The van der Waals surface area contributed by atoms with Crippen LogP contribution < -0.4 is 10.1 Å². The highest BCUT2D eigenvalue weighted by molar-refractivity contribution is 5.82. The van der Waals surface area contributed by atoms with Gasteiger partial charge in [-0.15, -0.1) is 0 Å². The van der Waals surface area contributed by atoms with Gasteiger partial charge in [0, 0.05) is 0 Å². The highest BCUT2D eigenvalue weighted by Gasteiger charge is 2.26. The van der Waals surface area contributed by atoms with E-state index >= 15 is 0 Å². The summed E-state index contributed by atoms with van der Waals surface area (Å²) < 4.78 is 15.7. The number of carbonyl (C=O) groups is 2. The molecule has 0 saturated carbocycles. The molecule has 0 bridgehead atoms. The van der Waals surface area contributed by atoms with Crippen molar-refractivity contribution in [2.24, 2.45) is 0 Å². The Kier molecular flexibility index (Phi) is 6.82. The van der Waals surface area contributed by atoms with E-state index in [4.69, 9.17) is 14.2 Å². The monoisotopic (exact) mass is 371 g/mol. The maximum absolute atomic E-state index is 12.1. The van der Waals surface area contributed by atoms with Gasteiger partial charge in [-0.25, -0.2) is 9.59 Å². The molecule has 0 saturated heterocycles. The van der Waals surface area contributed by atoms with E-state index in [-0.39, 0.29) is 0 Å². The summed E-state index contributed by atoms with van der Waals surface area (Å²) in [7, 11) is 1.27. The molecule has 0 spiro atoms. The fourth-order valence-electron chi connectivity index (χ4n) is 2.32. The first-order valence-electron chi connectivity index (χ1n) is 8.62. The summed E-state index contributed by atoms with van der Waals surface area (Å²) in [5.41, 5.74) is 0.959. The first kappa shape index (κ1) is 20.3. The fourth-order valence-corrected chi connectivity index (χ4v) is 2.32. The maximum atomic E-state index is 12.1. The van der Waals surface area contributed by atoms with E-state index in [0.717, 1.165) is 5.56 Å². The van der Waals surface area contributed by atoms with Crippen molar-refractivity contribution in [1.29, 1.82) is 0 Å². The lowest BCUT2D eigenvalue weighted by molar-refractivity contribution is -0.143. The summed E-state index contributed by atoms with van der Waals surface area (Å²) in [6.45, 7) is 5.69. The molecule has 0 aliphatic heterocycles. The number of carbonyl (C=O) groups excluding carboxylic acids is 2. The number of ether oxygens (including phenoxy) is 3. The second kappa shape index (κ2) is 9.07. The molecule has 1 N–H and O–H groups in total. The van der Waals surface area contributed by atoms with Gasteiger partial charge in [0.2, 0.25) is 0 Å². The van der Waals surface area contributed by atoms with Crippen LogP contribution in [-0.4, -0.2) is 24.8 Å². The van der Waals surface area contributed by atoms with E-state index < -0.39 is 23.7 Å². The average Bonchev–Trinajstić information content (AvgIpc) is 2.64. The zero-order valence-electron chi connectivity index (χ0n) is 16.0. The van der Waals surface area contributed by atoms with Gasteiger partial charge >= 0.3 is 12.1 Å². The summed E-state index contributed by atoms with van der Waals surface area (Å²) in [5.74, 6) is 0.0716. The zero-order chi connectivity index (χ0) is 19.9. The standard InChI is InChI=1S/C21H25NO5/c1-21(2,3)27-20(24)22-18(19(23)25-4)16-10-12-17(13-11-16)26-14-15-8-6-5-7-9-15/h5-13,18H,14H2,1-4H3,(H,22,24). The van der Waals surface area contributed by atoms with Crippen LogP contribution in [-0.2, 0) is 20.9 Å². The third-order valence-electron chi connectivity index (χ3n) is 3.56. The van der Waals surface area contributed by atoms with Crippen LogP contribution in [0.4, 0.5) is 4.79 Å². The number of rotatable bonds is 6. The predicted octanol–water partition coefficient (Wildman–Crippen LogP) is 4.00. The van der Waals surface area contributed by atoms with E-state index in [2.05, 4.69) is 5.32 Å². The van der Waals surface area contributed by atoms with Crippen LogP contribution in [0.15, 0.2) is 54.6 Å².